The maximum Gasteiger partial charge on any atom is 0.276 e. The molecule has 2 rings (SSSR count). The summed E-state index contributed by atoms with van der Waals surface area (Å²) in [5, 5.41) is 17.2. The van der Waals surface area contributed by atoms with Crippen LogP contribution >= 0.6 is 11.6 Å². The molecular formula is C13H15ClN4O3. The number of nitrogens with one attached hydrogen (secondary N) is 2. The van der Waals surface area contributed by atoms with E-state index in [1.54, 1.807) is 18.2 Å². The number of carbonyl (C=O) groups excluding carboxylic acids is 1. The van der Waals surface area contributed by atoms with Crippen molar-refractivity contribution in [3.8, 4) is 5.75 Å². The molecule has 0 spiro atoms. The standard InChI is InChI=1S/C13H15ClN4O3/c1-18(13(15)16)12(20)9-6-7-8(14)2-3-10(11(7)17-9)21-5-4-19/h2-3,6,17,19H,4-5H2,1H3,(H3,15,16). The van der Waals surface area contributed by atoms with Crippen LogP contribution in [0.15, 0.2) is 18.2 Å². The first kappa shape index (κ1) is 15.1. The zero-order valence-corrected chi connectivity index (χ0v) is 12.1. The second-order valence-electron chi connectivity index (χ2n) is 4.34. The summed E-state index contributed by atoms with van der Waals surface area (Å²) < 4.78 is 5.39. The van der Waals surface area contributed by atoms with Gasteiger partial charge in [0, 0.05) is 12.4 Å². The lowest BCUT2D eigenvalue weighted by atomic mass is 10.2. The van der Waals surface area contributed by atoms with E-state index in [-0.39, 0.29) is 24.9 Å². The molecule has 0 unspecified atom stereocenters. The number of ether oxygens (including phenoxy) is 1. The Hall–Kier alpha value is -2.25. The molecule has 112 valence electrons. The van der Waals surface area contributed by atoms with E-state index in [0.717, 1.165) is 4.90 Å². The van der Waals surface area contributed by atoms with Crippen molar-refractivity contribution >= 4 is 34.4 Å². The first-order valence-electron chi connectivity index (χ1n) is 6.12. The van der Waals surface area contributed by atoms with Crippen LogP contribution in [0.3, 0.4) is 0 Å². The zero-order valence-electron chi connectivity index (χ0n) is 11.3. The largest absolute Gasteiger partial charge is 0.489 e. The Balaban J connectivity index is 2.47. The minimum atomic E-state index is -0.456. The van der Waals surface area contributed by atoms with Crippen molar-refractivity contribution in [1.82, 2.24) is 9.88 Å². The van der Waals surface area contributed by atoms with Crippen LogP contribution in [0.1, 0.15) is 10.5 Å². The van der Waals surface area contributed by atoms with E-state index >= 15 is 0 Å². The Kier molecular flexibility index (Phi) is 4.35. The van der Waals surface area contributed by atoms with Gasteiger partial charge in [-0.05, 0) is 18.2 Å². The van der Waals surface area contributed by atoms with E-state index in [0.29, 0.717) is 21.7 Å². The van der Waals surface area contributed by atoms with Crippen LogP contribution in [0.2, 0.25) is 5.02 Å². The van der Waals surface area contributed by atoms with Crippen LogP contribution in [0.5, 0.6) is 5.75 Å². The second-order valence-corrected chi connectivity index (χ2v) is 4.75. The van der Waals surface area contributed by atoms with E-state index < -0.39 is 5.91 Å². The quantitative estimate of drug-likeness (QED) is 0.501. The van der Waals surface area contributed by atoms with Crippen molar-refractivity contribution in [2.24, 2.45) is 5.73 Å². The molecule has 0 aliphatic heterocycles. The minimum absolute atomic E-state index is 0.121. The molecule has 0 saturated carbocycles. The number of aliphatic hydroxyl groups excluding tert-OH is 1. The van der Waals surface area contributed by atoms with Crippen LogP contribution < -0.4 is 10.5 Å². The number of aromatic amines is 1. The molecule has 1 aromatic heterocycles. The van der Waals surface area contributed by atoms with Crippen molar-refractivity contribution < 1.29 is 14.6 Å². The van der Waals surface area contributed by atoms with Crippen LogP contribution in [0, 0.1) is 5.41 Å². The van der Waals surface area contributed by atoms with Gasteiger partial charge in [-0.1, -0.05) is 11.6 Å². The summed E-state index contributed by atoms with van der Waals surface area (Å²) >= 11 is 6.11. The molecule has 1 heterocycles. The molecule has 0 atom stereocenters. The third-order valence-corrected chi connectivity index (χ3v) is 3.28. The maximum atomic E-state index is 12.1. The van der Waals surface area contributed by atoms with Gasteiger partial charge in [0.25, 0.3) is 5.91 Å². The predicted octanol–water partition coefficient (Wildman–Crippen LogP) is 1.16. The highest BCUT2D eigenvalue weighted by Crippen LogP contribution is 2.32. The lowest BCUT2D eigenvalue weighted by molar-refractivity contribution is 0.0864. The second kappa shape index (κ2) is 6.02. The van der Waals surface area contributed by atoms with Crippen LogP contribution in [0.4, 0.5) is 0 Å². The number of carbonyl (C=O) groups is 1. The molecule has 21 heavy (non-hydrogen) atoms. The number of H-pyrrole nitrogens is 1. The summed E-state index contributed by atoms with van der Waals surface area (Å²) in [5.41, 5.74) is 6.08. The molecule has 0 saturated heterocycles. The number of aromatic nitrogens is 1. The molecular weight excluding hydrogens is 296 g/mol. The van der Waals surface area contributed by atoms with Gasteiger partial charge in [-0.2, -0.15) is 0 Å². The van der Waals surface area contributed by atoms with Gasteiger partial charge in [0.1, 0.15) is 18.1 Å². The van der Waals surface area contributed by atoms with Gasteiger partial charge in [-0.25, -0.2) is 0 Å². The van der Waals surface area contributed by atoms with Gasteiger partial charge in [0.05, 0.1) is 17.1 Å². The SMILES string of the molecule is CN(C(=N)N)C(=O)c1cc2c(Cl)ccc(OCCO)c2[nH]1. The molecule has 0 fully saturated rings. The molecule has 0 radical (unpaired) electrons. The first-order chi connectivity index (χ1) is 9.95. The molecule has 7 nitrogen and oxygen atoms in total. The van der Waals surface area contributed by atoms with E-state index in [4.69, 9.17) is 32.6 Å². The van der Waals surface area contributed by atoms with Crippen LogP contribution in [-0.4, -0.2) is 47.1 Å². The summed E-state index contributed by atoms with van der Waals surface area (Å²) in [6, 6.07) is 4.87. The Morgan fingerprint density at radius 3 is 2.90 bits per heavy atom. The highest BCUT2D eigenvalue weighted by molar-refractivity contribution is 6.35. The smallest absolute Gasteiger partial charge is 0.276 e. The van der Waals surface area contributed by atoms with Gasteiger partial charge < -0.3 is 20.6 Å². The maximum absolute atomic E-state index is 12.1. The summed E-state index contributed by atoms with van der Waals surface area (Å²) in [6.45, 7) is 0.00999. The van der Waals surface area contributed by atoms with E-state index in [1.165, 1.54) is 7.05 Å². The number of nitrogens with two attached hydrogens (primary N) is 1. The fourth-order valence-corrected chi connectivity index (χ4v) is 2.05. The fraction of sp³-hybridized carbons (Fsp3) is 0.231. The Labute approximate surface area is 125 Å². The topological polar surface area (TPSA) is 115 Å². The fourth-order valence-electron chi connectivity index (χ4n) is 1.84. The Morgan fingerprint density at radius 2 is 2.29 bits per heavy atom. The average molecular weight is 311 g/mol. The first-order valence-corrected chi connectivity index (χ1v) is 6.50. The van der Waals surface area contributed by atoms with Crippen molar-refractivity contribution in [2.75, 3.05) is 20.3 Å². The van der Waals surface area contributed by atoms with E-state index in [9.17, 15) is 4.79 Å². The number of fused-ring (bicyclic) bond motifs is 1. The van der Waals surface area contributed by atoms with E-state index in [2.05, 4.69) is 4.98 Å². The number of rotatable bonds is 4. The van der Waals surface area contributed by atoms with E-state index in [1.807, 2.05) is 0 Å². The van der Waals surface area contributed by atoms with Gasteiger partial charge in [-0.3, -0.25) is 15.1 Å². The molecule has 0 aliphatic rings. The molecule has 1 aromatic carbocycles. The lowest BCUT2D eigenvalue weighted by Crippen LogP contribution is -2.38. The Bertz CT molecular complexity index is 698. The van der Waals surface area contributed by atoms with Crippen LogP contribution in [0.25, 0.3) is 10.9 Å². The molecule has 8 heteroatoms. The predicted molar refractivity (Wildman–Crippen MR) is 79.9 cm³/mol. The van der Waals surface area contributed by atoms with Gasteiger partial charge in [0.2, 0.25) is 0 Å². The van der Waals surface area contributed by atoms with Crippen molar-refractivity contribution in [3.05, 3.63) is 28.9 Å². The monoisotopic (exact) mass is 310 g/mol. The number of guanidine groups is 1. The molecule has 5 N–H and O–H groups in total. The van der Waals surface area contributed by atoms with Crippen LogP contribution in [-0.2, 0) is 0 Å². The van der Waals surface area contributed by atoms with Crippen molar-refractivity contribution in [1.29, 1.82) is 5.41 Å². The number of halogens is 1. The number of hydrogen-bond donors (Lipinski definition) is 4. The third kappa shape index (κ3) is 2.93. The number of benzene rings is 1. The minimum Gasteiger partial charge on any atom is -0.489 e. The van der Waals surface area contributed by atoms with Crippen molar-refractivity contribution in [2.45, 2.75) is 0 Å². The molecule has 0 bridgehead atoms. The molecule has 0 aliphatic carbocycles. The number of hydrogen-bond acceptors (Lipinski definition) is 4. The normalized spacial score (nSPS) is 10.6. The van der Waals surface area contributed by atoms with Gasteiger partial charge in [0.15, 0.2) is 5.96 Å². The highest BCUT2D eigenvalue weighted by atomic mass is 35.5. The summed E-state index contributed by atoms with van der Waals surface area (Å²) in [6.07, 6.45) is 0. The number of nitrogens with zero attached hydrogens (tertiary/aromatic N) is 1. The highest BCUT2D eigenvalue weighted by Gasteiger charge is 2.18. The number of aliphatic hydroxyl groups is 1. The summed E-state index contributed by atoms with van der Waals surface area (Å²) in [4.78, 5) is 16.1. The average Bonchev–Trinajstić information content (AvgIpc) is 2.91. The summed E-state index contributed by atoms with van der Waals surface area (Å²) in [7, 11) is 1.40. The number of amides is 1. The lowest BCUT2D eigenvalue weighted by Gasteiger charge is -2.12. The van der Waals surface area contributed by atoms with Gasteiger partial charge >= 0.3 is 0 Å². The summed E-state index contributed by atoms with van der Waals surface area (Å²) in [5.74, 6) is -0.336. The third-order valence-electron chi connectivity index (χ3n) is 2.95. The molecule has 2 aromatic rings. The molecule has 1 amide bonds. The van der Waals surface area contributed by atoms with Gasteiger partial charge in [-0.15, -0.1) is 0 Å². The zero-order chi connectivity index (χ0) is 15.6. The van der Waals surface area contributed by atoms with Crippen molar-refractivity contribution in [3.63, 3.8) is 0 Å². The Morgan fingerprint density at radius 1 is 1.57 bits per heavy atom.